The van der Waals surface area contributed by atoms with Gasteiger partial charge in [-0.25, -0.2) is 19.8 Å². The second-order valence-electron chi connectivity index (χ2n) is 16.1. The van der Waals surface area contributed by atoms with Crippen molar-refractivity contribution in [2.75, 3.05) is 0 Å². The summed E-state index contributed by atoms with van der Waals surface area (Å²) in [6.07, 6.45) is 0. The SMILES string of the molecule is [C-]#[N+]c1ccccc1-c1ccc2c3ccc(-c4ccccc4C#N)cc3n(-c3ccc(-c4cccc5c4oc4ccccc45)cc3-c3nc(-c4ccccc4)nc(-c4ccccc4)n3)c2c1. The lowest BCUT2D eigenvalue weighted by molar-refractivity contribution is 0.670. The molecule has 12 aromatic rings. The summed E-state index contributed by atoms with van der Waals surface area (Å²) in [5.41, 5.74) is 13.4. The van der Waals surface area contributed by atoms with E-state index >= 15 is 0 Å². The second-order valence-corrected chi connectivity index (χ2v) is 16.1. The lowest BCUT2D eigenvalue weighted by Gasteiger charge is -2.17. The summed E-state index contributed by atoms with van der Waals surface area (Å²) in [6, 6.07) is 71.5. The van der Waals surface area contributed by atoms with Gasteiger partial charge in [0.25, 0.3) is 0 Å². The zero-order valence-corrected chi connectivity index (χ0v) is 35.2. The van der Waals surface area contributed by atoms with E-state index in [2.05, 4.69) is 94.3 Å². The van der Waals surface area contributed by atoms with Crippen molar-refractivity contribution in [3.8, 4) is 79.3 Å². The van der Waals surface area contributed by atoms with Gasteiger partial charge in [-0.05, 0) is 64.2 Å². The first-order chi connectivity index (χ1) is 32.6. The van der Waals surface area contributed by atoms with Gasteiger partial charge < -0.3 is 8.98 Å². The Morgan fingerprint density at radius 2 is 0.985 bits per heavy atom. The number of nitriles is 1. The number of furan rings is 1. The van der Waals surface area contributed by atoms with Gasteiger partial charge in [-0.2, -0.15) is 5.26 Å². The Bertz CT molecular complexity index is 3790. The van der Waals surface area contributed by atoms with E-state index in [1.165, 1.54) is 0 Å². The molecule has 0 saturated carbocycles. The summed E-state index contributed by atoms with van der Waals surface area (Å²) < 4.78 is 8.89. The normalized spacial score (nSPS) is 11.3. The van der Waals surface area contributed by atoms with Crippen molar-refractivity contribution in [3.05, 3.63) is 223 Å². The van der Waals surface area contributed by atoms with E-state index in [0.29, 0.717) is 28.7 Å². The van der Waals surface area contributed by atoms with E-state index in [0.717, 1.165) is 99.5 Å². The maximum absolute atomic E-state index is 10.2. The molecule has 7 heteroatoms. The molecular weight excluding hydrogens is 809 g/mol. The number of para-hydroxylation sites is 3. The predicted molar refractivity (Wildman–Crippen MR) is 265 cm³/mol. The number of hydrogen-bond acceptors (Lipinski definition) is 5. The highest BCUT2D eigenvalue weighted by molar-refractivity contribution is 6.13. The van der Waals surface area contributed by atoms with E-state index in [9.17, 15) is 5.26 Å². The van der Waals surface area contributed by atoms with Gasteiger partial charge in [0, 0.05) is 43.8 Å². The Labute approximate surface area is 379 Å². The van der Waals surface area contributed by atoms with Crippen molar-refractivity contribution in [2.24, 2.45) is 0 Å². The molecular formula is C59H34N6O. The molecule has 7 nitrogen and oxygen atoms in total. The van der Waals surface area contributed by atoms with Gasteiger partial charge in [0.2, 0.25) is 0 Å². The van der Waals surface area contributed by atoms with Gasteiger partial charge in [-0.3, -0.25) is 0 Å². The van der Waals surface area contributed by atoms with Crippen LogP contribution >= 0.6 is 0 Å². The van der Waals surface area contributed by atoms with E-state index < -0.39 is 0 Å². The largest absolute Gasteiger partial charge is 0.455 e. The van der Waals surface area contributed by atoms with Crippen LogP contribution in [0.5, 0.6) is 0 Å². The molecule has 306 valence electrons. The van der Waals surface area contributed by atoms with Crippen LogP contribution in [0.3, 0.4) is 0 Å². The third kappa shape index (κ3) is 6.39. The lowest BCUT2D eigenvalue weighted by atomic mass is 9.98. The van der Waals surface area contributed by atoms with Crippen LogP contribution in [0, 0.1) is 17.9 Å². The summed E-state index contributed by atoms with van der Waals surface area (Å²) in [5, 5.41) is 14.4. The van der Waals surface area contributed by atoms with Crippen LogP contribution in [0.4, 0.5) is 5.69 Å². The molecule has 0 N–H and O–H groups in total. The monoisotopic (exact) mass is 842 g/mol. The minimum absolute atomic E-state index is 0.492. The van der Waals surface area contributed by atoms with Crippen LogP contribution in [-0.2, 0) is 0 Å². The second kappa shape index (κ2) is 15.7. The Kier molecular flexibility index (Phi) is 9.12. The molecule has 0 spiro atoms. The standard InChI is InChI=1S/C59H34N6O/c1-61-51-25-12-10-21-44(51)41-28-31-47-46-30-27-40(43-20-9-8-19-42(43)36-60)34-53(46)65(54(47)35-41)52-32-29-39(45-23-14-24-49-48-22-11-13-26-55(48)66-56(45)49)33-50(52)59-63-57(37-15-4-2-5-16-37)62-58(64-59)38-17-6-3-7-18-38/h2-35H. The molecule has 0 saturated heterocycles. The molecule has 0 bridgehead atoms. The molecule has 66 heavy (non-hydrogen) atoms. The number of benzene rings is 9. The van der Waals surface area contributed by atoms with E-state index in [1.54, 1.807) is 0 Å². The number of rotatable bonds is 7. The van der Waals surface area contributed by atoms with Gasteiger partial charge in [0.05, 0.1) is 34.9 Å². The van der Waals surface area contributed by atoms with Crippen molar-refractivity contribution in [1.29, 1.82) is 5.26 Å². The molecule has 9 aromatic carbocycles. The molecule has 0 aliphatic rings. The number of fused-ring (bicyclic) bond motifs is 6. The zero-order valence-electron chi connectivity index (χ0n) is 35.2. The minimum Gasteiger partial charge on any atom is -0.455 e. The smallest absolute Gasteiger partial charge is 0.194 e. The summed E-state index contributed by atoms with van der Waals surface area (Å²) in [5.74, 6) is 1.59. The molecule has 0 atom stereocenters. The summed E-state index contributed by atoms with van der Waals surface area (Å²) >= 11 is 0. The number of aromatic nitrogens is 4. The first-order valence-corrected chi connectivity index (χ1v) is 21.6. The summed E-state index contributed by atoms with van der Waals surface area (Å²) in [7, 11) is 0. The van der Waals surface area contributed by atoms with Crippen molar-refractivity contribution < 1.29 is 4.42 Å². The fourth-order valence-corrected chi connectivity index (χ4v) is 9.24. The third-order valence-electron chi connectivity index (χ3n) is 12.4. The zero-order chi connectivity index (χ0) is 44.1. The van der Waals surface area contributed by atoms with Crippen LogP contribution in [0.15, 0.2) is 211 Å². The average molecular weight is 843 g/mol. The summed E-state index contributed by atoms with van der Waals surface area (Å²) in [6.45, 7) is 8.03. The number of hydrogen-bond donors (Lipinski definition) is 0. The Hall–Kier alpha value is -9.43. The van der Waals surface area contributed by atoms with Crippen molar-refractivity contribution >= 4 is 49.4 Å². The van der Waals surface area contributed by atoms with Crippen LogP contribution < -0.4 is 0 Å². The molecule has 0 aliphatic carbocycles. The molecule has 0 fully saturated rings. The minimum atomic E-state index is 0.492. The predicted octanol–water partition coefficient (Wildman–Crippen LogP) is 15.3. The highest BCUT2D eigenvalue weighted by Crippen LogP contribution is 2.43. The molecule has 0 aliphatic heterocycles. The lowest BCUT2D eigenvalue weighted by Crippen LogP contribution is -2.04. The topological polar surface area (TPSA) is 84.9 Å². The summed E-state index contributed by atoms with van der Waals surface area (Å²) in [4.78, 5) is 19.6. The Morgan fingerprint density at radius 3 is 1.68 bits per heavy atom. The highest BCUT2D eigenvalue weighted by Gasteiger charge is 2.23. The van der Waals surface area contributed by atoms with E-state index in [-0.39, 0.29) is 0 Å². The van der Waals surface area contributed by atoms with Gasteiger partial charge in [0.1, 0.15) is 11.2 Å². The van der Waals surface area contributed by atoms with Crippen LogP contribution in [-0.4, -0.2) is 19.5 Å². The van der Waals surface area contributed by atoms with Gasteiger partial charge >= 0.3 is 0 Å². The maximum atomic E-state index is 10.2. The fourth-order valence-electron chi connectivity index (χ4n) is 9.24. The van der Waals surface area contributed by atoms with Gasteiger partial charge in [-0.15, -0.1) is 0 Å². The Morgan fingerprint density at radius 1 is 0.439 bits per heavy atom. The maximum Gasteiger partial charge on any atom is 0.194 e. The third-order valence-corrected chi connectivity index (χ3v) is 12.4. The van der Waals surface area contributed by atoms with Crippen molar-refractivity contribution in [3.63, 3.8) is 0 Å². The van der Waals surface area contributed by atoms with Gasteiger partial charge in [-0.1, -0.05) is 170 Å². The molecule has 12 rings (SSSR count). The van der Waals surface area contributed by atoms with Crippen molar-refractivity contribution in [1.82, 2.24) is 19.5 Å². The highest BCUT2D eigenvalue weighted by atomic mass is 16.3. The Balaban J connectivity index is 1.20. The van der Waals surface area contributed by atoms with Crippen LogP contribution in [0.1, 0.15) is 5.56 Å². The molecule has 3 heterocycles. The molecule has 0 radical (unpaired) electrons. The number of nitrogens with zero attached hydrogens (tertiary/aromatic N) is 6. The van der Waals surface area contributed by atoms with Gasteiger partial charge in [0.15, 0.2) is 23.2 Å². The first kappa shape index (κ1) is 38.3. The van der Waals surface area contributed by atoms with E-state index in [4.69, 9.17) is 25.9 Å². The average Bonchev–Trinajstić information content (AvgIpc) is 3.94. The first-order valence-electron chi connectivity index (χ1n) is 21.6. The molecule has 0 amide bonds. The van der Waals surface area contributed by atoms with Crippen LogP contribution in [0.2, 0.25) is 0 Å². The fraction of sp³-hybridized carbons (Fsp3) is 0. The quantitative estimate of drug-likeness (QED) is 0.149. The molecule has 3 aromatic heterocycles. The van der Waals surface area contributed by atoms with E-state index in [1.807, 2.05) is 127 Å². The molecule has 0 unspecified atom stereocenters. The van der Waals surface area contributed by atoms with Crippen molar-refractivity contribution in [2.45, 2.75) is 0 Å². The van der Waals surface area contributed by atoms with Crippen LogP contribution in [0.25, 0.3) is 122 Å².